The second-order valence-electron chi connectivity index (χ2n) is 3.81. The van der Waals surface area contributed by atoms with Crippen LogP contribution in [-0.2, 0) is 9.47 Å². The molecule has 1 N–H and O–H groups in total. The summed E-state index contributed by atoms with van der Waals surface area (Å²) in [6.45, 7) is 9.75. The minimum atomic E-state index is 0.230. The van der Waals surface area contributed by atoms with E-state index >= 15 is 0 Å². The van der Waals surface area contributed by atoms with Crippen LogP contribution in [0.1, 0.15) is 20.8 Å². The Hall–Kier alpha value is -0.120. The summed E-state index contributed by atoms with van der Waals surface area (Å²) in [5.74, 6) is 0.589. The summed E-state index contributed by atoms with van der Waals surface area (Å²) in [6, 6.07) is 0.422. The summed E-state index contributed by atoms with van der Waals surface area (Å²) in [7, 11) is 0. The van der Waals surface area contributed by atoms with Crippen LogP contribution in [0.25, 0.3) is 0 Å². The third-order valence-corrected chi connectivity index (χ3v) is 2.40. The van der Waals surface area contributed by atoms with Crippen molar-refractivity contribution in [1.82, 2.24) is 5.32 Å². The molecule has 3 nitrogen and oxygen atoms in total. The molecular weight excluding hydrogens is 166 g/mol. The van der Waals surface area contributed by atoms with E-state index in [0.717, 1.165) is 26.4 Å². The Bertz CT molecular complexity index is 133. The first kappa shape index (κ1) is 11.0. The van der Waals surface area contributed by atoms with E-state index in [-0.39, 0.29) is 6.10 Å². The van der Waals surface area contributed by atoms with Crippen LogP contribution in [0.3, 0.4) is 0 Å². The van der Waals surface area contributed by atoms with Gasteiger partial charge in [-0.3, -0.25) is 0 Å². The quantitative estimate of drug-likeness (QED) is 0.713. The van der Waals surface area contributed by atoms with Crippen molar-refractivity contribution >= 4 is 0 Å². The molecule has 1 rings (SSSR count). The molecule has 0 bridgehead atoms. The van der Waals surface area contributed by atoms with Crippen molar-refractivity contribution < 1.29 is 9.47 Å². The fourth-order valence-electron chi connectivity index (χ4n) is 1.75. The Kier molecular flexibility index (Phi) is 4.70. The molecule has 1 aliphatic rings. The van der Waals surface area contributed by atoms with Gasteiger partial charge < -0.3 is 14.8 Å². The van der Waals surface area contributed by atoms with Gasteiger partial charge in [0, 0.05) is 6.04 Å². The average Bonchev–Trinajstić information content (AvgIpc) is 2.15. The monoisotopic (exact) mass is 187 g/mol. The van der Waals surface area contributed by atoms with Crippen molar-refractivity contribution in [2.45, 2.75) is 32.9 Å². The largest absolute Gasteiger partial charge is 0.376 e. The van der Waals surface area contributed by atoms with E-state index in [4.69, 9.17) is 9.47 Å². The van der Waals surface area contributed by atoms with Crippen molar-refractivity contribution in [2.75, 3.05) is 26.4 Å². The first-order chi connectivity index (χ1) is 6.25. The maximum absolute atomic E-state index is 5.67. The number of nitrogens with one attached hydrogen (secondary N) is 1. The maximum Gasteiger partial charge on any atom is 0.0964 e. The molecular formula is C10H21NO2. The van der Waals surface area contributed by atoms with Gasteiger partial charge in [0.05, 0.1) is 25.9 Å². The predicted octanol–water partition coefficient (Wildman–Crippen LogP) is 1.04. The molecule has 0 saturated carbocycles. The van der Waals surface area contributed by atoms with Gasteiger partial charge in [-0.25, -0.2) is 0 Å². The lowest BCUT2D eigenvalue weighted by Gasteiger charge is -2.33. The van der Waals surface area contributed by atoms with Gasteiger partial charge in [0.15, 0.2) is 0 Å². The molecule has 0 aliphatic carbocycles. The molecule has 1 aliphatic heterocycles. The molecule has 2 atom stereocenters. The van der Waals surface area contributed by atoms with Gasteiger partial charge >= 0.3 is 0 Å². The molecule has 78 valence electrons. The lowest BCUT2D eigenvalue weighted by Crippen LogP contribution is -2.49. The highest BCUT2D eigenvalue weighted by Crippen LogP contribution is 2.13. The number of hydrogen-bond donors (Lipinski definition) is 1. The third-order valence-electron chi connectivity index (χ3n) is 2.40. The lowest BCUT2D eigenvalue weighted by molar-refractivity contribution is -0.107. The molecule has 0 aromatic rings. The van der Waals surface area contributed by atoms with Gasteiger partial charge in [0.1, 0.15) is 0 Å². The standard InChI is InChI=1S/C10H21NO2/c1-4-11-10(8(2)3)9-7-12-5-6-13-9/h8-11H,4-7H2,1-3H3. The van der Waals surface area contributed by atoms with E-state index in [2.05, 4.69) is 26.1 Å². The minimum absolute atomic E-state index is 0.230. The van der Waals surface area contributed by atoms with E-state index in [1.165, 1.54) is 0 Å². The van der Waals surface area contributed by atoms with Crippen molar-refractivity contribution in [3.63, 3.8) is 0 Å². The third kappa shape index (κ3) is 3.25. The van der Waals surface area contributed by atoms with E-state index < -0.39 is 0 Å². The van der Waals surface area contributed by atoms with E-state index in [1.807, 2.05) is 0 Å². The summed E-state index contributed by atoms with van der Waals surface area (Å²) in [5, 5.41) is 3.45. The SMILES string of the molecule is CCNC(C(C)C)C1COCCO1. The van der Waals surface area contributed by atoms with Gasteiger partial charge in [-0.05, 0) is 12.5 Å². The van der Waals surface area contributed by atoms with Crippen molar-refractivity contribution in [3.8, 4) is 0 Å². The number of hydrogen-bond acceptors (Lipinski definition) is 3. The smallest absolute Gasteiger partial charge is 0.0964 e. The fraction of sp³-hybridized carbons (Fsp3) is 1.00. The zero-order chi connectivity index (χ0) is 9.68. The van der Waals surface area contributed by atoms with Crippen molar-refractivity contribution in [3.05, 3.63) is 0 Å². The van der Waals surface area contributed by atoms with E-state index in [9.17, 15) is 0 Å². The van der Waals surface area contributed by atoms with Crippen LogP contribution in [0, 0.1) is 5.92 Å². The van der Waals surface area contributed by atoms with Gasteiger partial charge in [-0.1, -0.05) is 20.8 Å². The number of ether oxygens (including phenoxy) is 2. The molecule has 2 unspecified atom stereocenters. The first-order valence-corrected chi connectivity index (χ1v) is 5.18. The highest BCUT2D eigenvalue weighted by Gasteiger charge is 2.26. The fourth-order valence-corrected chi connectivity index (χ4v) is 1.75. The molecule has 0 aromatic heterocycles. The van der Waals surface area contributed by atoms with Crippen LogP contribution in [0.2, 0.25) is 0 Å². The van der Waals surface area contributed by atoms with E-state index in [1.54, 1.807) is 0 Å². The maximum atomic E-state index is 5.67. The summed E-state index contributed by atoms with van der Waals surface area (Å²) in [5.41, 5.74) is 0. The van der Waals surface area contributed by atoms with Crippen LogP contribution in [-0.4, -0.2) is 38.5 Å². The average molecular weight is 187 g/mol. The van der Waals surface area contributed by atoms with Gasteiger partial charge in [0.2, 0.25) is 0 Å². The second-order valence-corrected chi connectivity index (χ2v) is 3.81. The Balaban J connectivity index is 2.41. The summed E-state index contributed by atoms with van der Waals surface area (Å²) in [4.78, 5) is 0. The van der Waals surface area contributed by atoms with E-state index in [0.29, 0.717) is 12.0 Å². The summed E-state index contributed by atoms with van der Waals surface area (Å²) < 4.78 is 11.1. The van der Waals surface area contributed by atoms with Crippen LogP contribution in [0.15, 0.2) is 0 Å². The first-order valence-electron chi connectivity index (χ1n) is 5.18. The molecule has 1 fully saturated rings. The Morgan fingerprint density at radius 3 is 2.62 bits per heavy atom. The Labute approximate surface area is 80.8 Å². The van der Waals surface area contributed by atoms with Crippen LogP contribution >= 0.6 is 0 Å². The number of likely N-dealkylation sites (N-methyl/N-ethyl adjacent to an activating group) is 1. The van der Waals surface area contributed by atoms with Gasteiger partial charge in [0.25, 0.3) is 0 Å². The molecule has 0 amide bonds. The Morgan fingerprint density at radius 1 is 1.38 bits per heavy atom. The summed E-state index contributed by atoms with van der Waals surface area (Å²) >= 11 is 0. The lowest BCUT2D eigenvalue weighted by atomic mass is 9.98. The molecule has 1 saturated heterocycles. The normalized spacial score (nSPS) is 26.3. The Morgan fingerprint density at radius 2 is 2.15 bits per heavy atom. The topological polar surface area (TPSA) is 30.5 Å². The second kappa shape index (κ2) is 5.58. The molecule has 0 radical (unpaired) electrons. The summed E-state index contributed by atoms with van der Waals surface area (Å²) in [6.07, 6.45) is 0.230. The van der Waals surface area contributed by atoms with Gasteiger partial charge in [-0.15, -0.1) is 0 Å². The minimum Gasteiger partial charge on any atom is -0.376 e. The van der Waals surface area contributed by atoms with Crippen LogP contribution < -0.4 is 5.32 Å². The van der Waals surface area contributed by atoms with Crippen molar-refractivity contribution in [1.29, 1.82) is 0 Å². The zero-order valence-electron chi connectivity index (χ0n) is 8.88. The predicted molar refractivity (Wildman–Crippen MR) is 52.9 cm³/mol. The highest BCUT2D eigenvalue weighted by molar-refractivity contribution is 4.80. The van der Waals surface area contributed by atoms with Crippen LogP contribution in [0.4, 0.5) is 0 Å². The van der Waals surface area contributed by atoms with Gasteiger partial charge in [-0.2, -0.15) is 0 Å². The molecule has 0 aromatic carbocycles. The van der Waals surface area contributed by atoms with Crippen molar-refractivity contribution in [2.24, 2.45) is 5.92 Å². The number of rotatable bonds is 4. The molecule has 1 heterocycles. The highest BCUT2D eigenvalue weighted by atomic mass is 16.6. The molecule has 3 heteroatoms. The van der Waals surface area contributed by atoms with Crippen LogP contribution in [0.5, 0.6) is 0 Å². The molecule has 0 spiro atoms. The zero-order valence-corrected chi connectivity index (χ0v) is 8.88. The molecule has 13 heavy (non-hydrogen) atoms.